The van der Waals surface area contributed by atoms with Crippen molar-refractivity contribution in [3.8, 4) is 5.75 Å². The van der Waals surface area contributed by atoms with Crippen molar-refractivity contribution in [2.24, 2.45) is 5.92 Å². The number of benzene rings is 1. The van der Waals surface area contributed by atoms with E-state index in [4.69, 9.17) is 4.74 Å². The molecule has 2 unspecified atom stereocenters. The van der Waals surface area contributed by atoms with Gasteiger partial charge < -0.3 is 10.1 Å². The van der Waals surface area contributed by atoms with E-state index in [1.165, 1.54) is 36.8 Å². The Morgan fingerprint density at radius 3 is 2.84 bits per heavy atom. The molecule has 0 amide bonds. The van der Waals surface area contributed by atoms with Crippen LogP contribution in [-0.2, 0) is 6.42 Å². The van der Waals surface area contributed by atoms with Crippen molar-refractivity contribution >= 4 is 0 Å². The molecule has 0 spiro atoms. The summed E-state index contributed by atoms with van der Waals surface area (Å²) < 4.78 is 5.81. The fraction of sp³-hybridized carbons (Fsp3) is 0.647. The van der Waals surface area contributed by atoms with Crippen LogP contribution in [0.5, 0.6) is 5.75 Å². The van der Waals surface area contributed by atoms with Crippen LogP contribution in [0.25, 0.3) is 0 Å². The van der Waals surface area contributed by atoms with Gasteiger partial charge in [-0.05, 0) is 49.4 Å². The molecule has 1 N–H and O–H groups in total. The second-order valence-corrected chi connectivity index (χ2v) is 6.08. The van der Waals surface area contributed by atoms with E-state index in [9.17, 15) is 0 Å². The molecule has 1 aromatic carbocycles. The van der Waals surface area contributed by atoms with E-state index >= 15 is 0 Å². The molecule has 1 aliphatic carbocycles. The van der Waals surface area contributed by atoms with Crippen LogP contribution in [0, 0.1) is 5.92 Å². The Hall–Kier alpha value is -1.02. The first-order valence-electron chi connectivity index (χ1n) is 7.80. The van der Waals surface area contributed by atoms with Crippen LogP contribution >= 0.6 is 0 Å². The maximum absolute atomic E-state index is 5.81. The molecule has 1 heterocycles. The van der Waals surface area contributed by atoms with E-state index < -0.39 is 0 Å². The zero-order valence-electron chi connectivity index (χ0n) is 12.1. The molecule has 0 aromatic heterocycles. The predicted molar refractivity (Wildman–Crippen MR) is 78.6 cm³/mol. The van der Waals surface area contributed by atoms with Crippen LogP contribution in [0.4, 0.5) is 0 Å². The Morgan fingerprint density at radius 2 is 2.11 bits per heavy atom. The van der Waals surface area contributed by atoms with Crippen molar-refractivity contribution in [3.63, 3.8) is 0 Å². The third-order valence-corrected chi connectivity index (χ3v) is 4.57. The first-order chi connectivity index (χ1) is 9.28. The average molecular weight is 259 g/mol. The predicted octanol–water partition coefficient (Wildman–Crippen LogP) is 3.85. The molecule has 0 saturated heterocycles. The minimum absolute atomic E-state index is 0.342. The third-order valence-electron chi connectivity index (χ3n) is 4.57. The van der Waals surface area contributed by atoms with Crippen molar-refractivity contribution in [2.45, 2.75) is 58.1 Å². The van der Waals surface area contributed by atoms with Gasteiger partial charge >= 0.3 is 0 Å². The van der Waals surface area contributed by atoms with Gasteiger partial charge in [0, 0.05) is 12.5 Å². The fourth-order valence-electron chi connectivity index (χ4n) is 3.70. The summed E-state index contributed by atoms with van der Waals surface area (Å²) in [4.78, 5) is 0. The molecule has 1 saturated carbocycles. The Kier molecular flexibility index (Phi) is 3.79. The van der Waals surface area contributed by atoms with Gasteiger partial charge in [0.2, 0.25) is 0 Å². The van der Waals surface area contributed by atoms with E-state index in [-0.39, 0.29) is 0 Å². The molecule has 2 aliphatic rings. The molecule has 0 radical (unpaired) electrons. The number of fused-ring (bicyclic) bond motifs is 1. The maximum atomic E-state index is 5.81. The summed E-state index contributed by atoms with van der Waals surface area (Å²) in [7, 11) is 0. The normalized spacial score (nSPS) is 24.2. The maximum Gasteiger partial charge on any atom is 0.123 e. The lowest BCUT2D eigenvalue weighted by molar-refractivity contribution is 0.254. The topological polar surface area (TPSA) is 21.3 Å². The summed E-state index contributed by atoms with van der Waals surface area (Å²) in [5.41, 5.74) is 2.86. The van der Waals surface area contributed by atoms with Gasteiger partial charge in [-0.1, -0.05) is 31.9 Å². The largest absolute Gasteiger partial charge is 0.490 e. The minimum atomic E-state index is 0.342. The van der Waals surface area contributed by atoms with Crippen LogP contribution in [-0.4, -0.2) is 12.6 Å². The molecular formula is C17H25NO. The van der Waals surface area contributed by atoms with Crippen LogP contribution in [0.3, 0.4) is 0 Å². The molecule has 2 atom stereocenters. The second kappa shape index (κ2) is 5.54. The van der Waals surface area contributed by atoms with Crippen molar-refractivity contribution in [3.05, 3.63) is 29.3 Å². The zero-order chi connectivity index (χ0) is 13.2. The van der Waals surface area contributed by atoms with E-state index in [0.717, 1.165) is 24.6 Å². The molecule has 2 heteroatoms. The second-order valence-electron chi connectivity index (χ2n) is 6.08. The summed E-state index contributed by atoms with van der Waals surface area (Å²) in [5, 5.41) is 3.70. The van der Waals surface area contributed by atoms with Gasteiger partial charge in [-0.3, -0.25) is 0 Å². The summed E-state index contributed by atoms with van der Waals surface area (Å²) in [6.45, 7) is 5.41. The summed E-state index contributed by atoms with van der Waals surface area (Å²) in [5.74, 6) is 1.91. The van der Waals surface area contributed by atoms with Gasteiger partial charge in [-0.2, -0.15) is 0 Å². The van der Waals surface area contributed by atoms with Crippen molar-refractivity contribution in [1.29, 1.82) is 0 Å². The lowest BCUT2D eigenvalue weighted by atomic mass is 9.90. The van der Waals surface area contributed by atoms with E-state index in [2.05, 4.69) is 37.4 Å². The standard InChI is InChI=1S/C17H25NO/c1-3-18-17(13-6-4-5-7-13)14-8-9-16-15(11-14)10-12(2)19-16/h8-9,11-13,17-18H,3-7,10H2,1-2H3. The van der Waals surface area contributed by atoms with Gasteiger partial charge in [0.15, 0.2) is 0 Å². The highest BCUT2D eigenvalue weighted by atomic mass is 16.5. The highest BCUT2D eigenvalue weighted by Gasteiger charge is 2.27. The SMILES string of the molecule is CCNC(c1ccc2c(c1)CC(C)O2)C1CCCC1. The number of ether oxygens (including phenoxy) is 1. The Labute approximate surface area is 116 Å². The Morgan fingerprint density at radius 1 is 1.32 bits per heavy atom. The van der Waals surface area contributed by atoms with Gasteiger partial charge in [0.25, 0.3) is 0 Å². The van der Waals surface area contributed by atoms with E-state index in [0.29, 0.717) is 12.1 Å². The minimum Gasteiger partial charge on any atom is -0.490 e. The van der Waals surface area contributed by atoms with Gasteiger partial charge in [-0.15, -0.1) is 0 Å². The number of nitrogens with one attached hydrogen (secondary N) is 1. The van der Waals surface area contributed by atoms with Crippen molar-refractivity contribution in [1.82, 2.24) is 5.32 Å². The van der Waals surface area contributed by atoms with Crippen LogP contribution in [0.15, 0.2) is 18.2 Å². The quantitative estimate of drug-likeness (QED) is 0.886. The fourth-order valence-corrected chi connectivity index (χ4v) is 3.70. The summed E-state index contributed by atoms with van der Waals surface area (Å²) in [6, 6.07) is 7.36. The molecule has 2 nitrogen and oxygen atoms in total. The smallest absolute Gasteiger partial charge is 0.123 e. The van der Waals surface area contributed by atoms with Crippen molar-refractivity contribution in [2.75, 3.05) is 6.54 Å². The van der Waals surface area contributed by atoms with Gasteiger partial charge in [0.1, 0.15) is 11.9 Å². The summed E-state index contributed by atoms with van der Waals surface area (Å²) in [6.07, 6.45) is 6.96. The van der Waals surface area contributed by atoms with Crippen LogP contribution < -0.4 is 10.1 Å². The molecule has 1 aliphatic heterocycles. The zero-order valence-corrected chi connectivity index (χ0v) is 12.1. The Bertz CT molecular complexity index is 437. The molecule has 1 fully saturated rings. The molecule has 19 heavy (non-hydrogen) atoms. The molecule has 1 aromatic rings. The lowest BCUT2D eigenvalue weighted by Crippen LogP contribution is -2.27. The first kappa shape index (κ1) is 13.0. The van der Waals surface area contributed by atoms with Gasteiger partial charge in [-0.25, -0.2) is 0 Å². The number of hydrogen-bond donors (Lipinski definition) is 1. The Balaban J connectivity index is 1.84. The highest BCUT2D eigenvalue weighted by Crippen LogP contribution is 2.38. The van der Waals surface area contributed by atoms with Crippen LogP contribution in [0.2, 0.25) is 0 Å². The molecule has 3 rings (SSSR count). The average Bonchev–Trinajstić information content (AvgIpc) is 3.02. The first-order valence-corrected chi connectivity index (χ1v) is 7.80. The van der Waals surface area contributed by atoms with Crippen LogP contribution in [0.1, 0.15) is 56.7 Å². The van der Waals surface area contributed by atoms with E-state index in [1.54, 1.807) is 0 Å². The molecule has 0 bridgehead atoms. The number of hydrogen-bond acceptors (Lipinski definition) is 2. The van der Waals surface area contributed by atoms with Gasteiger partial charge in [0.05, 0.1) is 0 Å². The summed E-state index contributed by atoms with van der Waals surface area (Å²) >= 11 is 0. The molecular weight excluding hydrogens is 234 g/mol. The van der Waals surface area contributed by atoms with E-state index in [1.807, 2.05) is 0 Å². The molecule has 104 valence electrons. The van der Waals surface area contributed by atoms with Crippen molar-refractivity contribution < 1.29 is 4.74 Å². The number of rotatable bonds is 4. The lowest BCUT2D eigenvalue weighted by Gasteiger charge is -2.25. The third kappa shape index (κ3) is 2.64. The highest BCUT2D eigenvalue weighted by molar-refractivity contribution is 5.41. The monoisotopic (exact) mass is 259 g/mol.